The van der Waals surface area contributed by atoms with Crippen LogP contribution in [0.2, 0.25) is 0 Å². The van der Waals surface area contributed by atoms with Gasteiger partial charge >= 0.3 is 18.2 Å². The molecule has 1 fully saturated rings. The number of halogens is 3. The Morgan fingerprint density at radius 1 is 1.29 bits per heavy atom. The lowest BCUT2D eigenvalue weighted by Crippen LogP contribution is -2.55. The highest BCUT2D eigenvalue weighted by Gasteiger charge is 2.43. The number of piperidine rings is 1. The predicted octanol–water partition coefficient (Wildman–Crippen LogP) is 2.47. The number of likely N-dealkylation sites (tertiary alicyclic amines) is 1. The van der Waals surface area contributed by atoms with Crippen molar-refractivity contribution in [2.75, 3.05) is 13.1 Å². The molecule has 0 saturated carbocycles. The van der Waals surface area contributed by atoms with Crippen molar-refractivity contribution in [3.05, 3.63) is 0 Å². The number of nitrogens with zero attached hydrogens (tertiary/aromatic N) is 1. The number of alkyl halides is 3. The highest BCUT2D eigenvalue weighted by atomic mass is 19.4. The number of hydrogen-bond donors (Lipinski definition) is 2. The van der Waals surface area contributed by atoms with Crippen LogP contribution < -0.4 is 5.32 Å². The van der Waals surface area contributed by atoms with E-state index in [1.54, 1.807) is 20.8 Å². The van der Waals surface area contributed by atoms with E-state index in [-0.39, 0.29) is 19.4 Å². The van der Waals surface area contributed by atoms with Gasteiger partial charge in [0, 0.05) is 13.1 Å². The van der Waals surface area contributed by atoms with Crippen LogP contribution >= 0.6 is 0 Å². The summed E-state index contributed by atoms with van der Waals surface area (Å²) in [6.45, 7) is 4.70. The van der Waals surface area contributed by atoms with Gasteiger partial charge in [0.2, 0.25) is 0 Å². The van der Waals surface area contributed by atoms with Gasteiger partial charge in [-0.3, -0.25) is 0 Å². The number of aliphatic carboxylic acids is 1. The summed E-state index contributed by atoms with van der Waals surface area (Å²) in [6, 6.07) is -1.91. The molecule has 1 aliphatic heterocycles. The summed E-state index contributed by atoms with van der Waals surface area (Å²) in [7, 11) is 0. The summed E-state index contributed by atoms with van der Waals surface area (Å²) in [5.74, 6) is -2.75. The maximum Gasteiger partial charge on any atom is 0.393 e. The second-order valence-electron chi connectivity index (χ2n) is 6.41. The summed E-state index contributed by atoms with van der Waals surface area (Å²) in [6.07, 6.45) is -4.09. The molecule has 1 aliphatic rings. The van der Waals surface area contributed by atoms with Gasteiger partial charge in [0.15, 0.2) is 0 Å². The molecule has 21 heavy (non-hydrogen) atoms. The van der Waals surface area contributed by atoms with E-state index in [4.69, 9.17) is 5.11 Å². The first-order valence-electron chi connectivity index (χ1n) is 6.78. The topological polar surface area (TPSA) is 69.6 Å². The number of hydrogen-bond acceptors (Lipinski definition) is 2. The molecular weight excluding hydrogens is 289 g/mol. The van der Waals surface area contributed by atoms with E-state index in [0.29, 0.717) is 0 Å². The lowest BCUT2D eigenvalue weighted by molar-refractivity contribution is -0.184. The van der Waals surface area contributed by atoms with Crippen molar-refractivity contribution in [2.24, 2.45) is 11.3 Å². The van der Waals surface area contributed by atoms with Crippen molar-refractivity contribution in [3.63, 3.8) is 0 Å². The largest absolute Gasteiger partial charge is 0.480 e. The molecule has 2 unspecified atom stereocenters. The van der Waals surface area contributed by atoms with Gasteiger partial charge in [0.1, 0.15) is 6.04 Å². The van der Waals surface area contributed by atoms with Crippen molar-refractivity contribution in [1.82, 2.24) is 10.2 Å². The van der Waals surface area contributed by atoms with Crippen molar-refractivity contribution >= 4 is 12.0 Å². The highest BCUT2D eigenvalue weighted by molar-refractivity contribution is 5.83. The molecule has 0 aliphatic carbocycles. The number of carbonyl (C=O) groups excluding carboxylic acids is 1. The number of urea groups is 1. The summed E-state index contributed by atoms with van der Waals surface area (Å²) in [4.78, 5) is 24.2. The zero-order valence-electron chi connectivity index (χ0n) is 12.3. The zero-order valence-corrected chi connectivity index (χ0v) is 12.3. The summed E-state index contributed by atoms with van der Waals surface area (Å²) in [5.41, 5.74) is -0.735. The van der Waals surface area contributed by atoms with E-state index in [1.807, 2.05) is 0 Å². The van der Waals surface area contributed by atoms with E-state index in [1.165, 1.54) is 0 Å². The van der Waals surface area contributed by atoms with Crippen molar-refractivity contribution in [1.29, 1.82) is 0 Å². The zero-order chi connectivity index (χ0) is 16.4. The van der Waals surface area contributed by atoms with Gasteiger partial charge in [0.25, 0.3) is 0 Å². The van der Waals surface area contributed by atoms with Gasteiger partial charge in [-0.1, -0.05) is 20.8 Å². The first-order chi connectivity index (χ1) is 9.43. The van der Waals surface area contributed by atoms with Crippen LogP contribution in [0.5, 0.6) is 0 Å². The average Bonchev–Trinajstić information content (AvgIpc) is 2.33. The predicted molar refractivity (Wildman–Crippen MR) is 69.8 cm³/mol. The Kier molecular flexibility index (Phi) is 5.11. The van der Waals surface area contributed by atoms with Crippen LogP contribution in [0.25, 0.3) is 0 Å². The molecule has 1 rings (SSSR count). The molecule has 5 nitrogen and oxygen atoms in total. The van der Waals surface area contributed by atoms with Crippen LogP contribution in [-0.4, -0.2) is 47.3 Å². The van der Waals surface area contributed by atoms with Crippen LogP contribution in [0.1, 0.15) is 33.6 Å². The van der Waals surface area contributed by atoms with Crippen LogP contribution in [0, 0.1) is 11.3 Å². The van der Waals surface area contributed by atoms with Crippen molar-refractivity contribution < 1.29 is 27.9 Å². The van der Waals surface area contributed by atoms with Crippen LogP contribution in [0.15, 0.2) is 0 Å². The second-order valence-corrected chi connectivity index (χ2v) is 6.41. The standard InChI is InChI=1S/C13H21F3N2O3/c1-12(2,3)9(10(19)20)17-11(21)18-6-4-5-8(7-18)13(14,15)16/h8-9H,4-7H2,1-3H3,(H,17,21)(H,19,20). The quantitative estimate of drug-likeness (QED) is 0.823. The van der Waals surface area contributed by atoms with Gasteiger partial charge in [-0.15, -0.1) is 0 Å². The molecule has 2 amide bonds. The third kappa shape index (κ3) is 4.78. The normalized spacial score (nSPS) is 21.8. The lowest BCUT2D eigenvalue weighted by Gasteiger charge is -2.36. The minimum Gasteiger partial charge on any atom is -0.480 e. The van der Waals surface area contributed by atoms with Crippen molar-refractivity contribution in [2.45, 2.75) is 45.8 Å². The summed E-state index contributed by atoms with van der Waals surface area (Å²) >= 11 is 0. The third-order valence-corrected chi connectivity index (χ3v) is 3.55. The number of rotatable bonds is 2. The van der Waals surface area contributed by atoms with E-state index < -0.39 is 42.1 Å². The van der Waals surface area contributed by atoms with Crippen LogP contribution in [0.4, 0.5) is 18.0 Å². The highest BCUT2D eigenvalue weighted by Crippen LogP contribution is 2.33. The SMILES string of the molecule is CC(C)(C)C(NC(=O)N1CCCC(C(F)(F)F)C1)C(=O)O. The number of carboxylic acids is 1. The molecule has 122 valence electrons. The summed E-state index contributed by atoms with van der Waals surface area (Å²) < 4.78 is 38.1. The van der Waals surface area contributed by atoms with Gasteiger partial charge in [-0.25, -0.2) is 9.59 Å². The Labute approximate surface area is 121 Å². The monoisotopic (exact) mass is 310 g/mol. The molecule has 0 spiro atoms. The molecule has 2 atom stereocenters. The maximum absolute atomic E-state index is 12.7. The Balaban J connectivity index is 2.72. The fourth-order valence-corrected chi connectivity index (χ4v) is 2.29. The number of carbonyl (C=O) groups is 2. The molecule has 0 aromatic rings. The average molecular weight is 310 g/mol. The first-order valence-corrected chi connectivity index (χ1v) is 6.78. The fraction of sp³-hybridized carbons (Fsp3) is 0.846. The van der Waals surface area contributed by atoms with Gasteiger partial charge in [-0.05, 0) is 18.3 Å². The lowest BCUT2D eigenvalue weighted by atomic mass is 9.87. The molecule has 8 heteroatoms. The smallest absolute Gasteiger partial charge is 0.393 e. The molecule has 2 N–H and O–H groups in total. The Bertz CT molecular complexity index is 404. The minimum atomic E-state index is -4.34. The Morgan fingerprint density at radius 2 is 1.86 bits per heavy atom. The first kappa shape index (κ1) is 17.6. The van der Waals surface area contributed by atoms with E-state index in [9.17, 15) is 22.8 Å². The second kappa shape index (κ2) is 6.11. The number of carboxylic acid groups (broad SMARTS) is 1. The maximum atomic E-state index is 12.7. The Hall–Kier alpha value is -1.47. The van der Waals surface area contributed by atoms with Crippen LogP contribution in [-0.2, 0) is 4.79 Å². The van der Waals surface area contributed by atoms with Gasteiger partial charge in [0.05, 0.1) is 5.92 Å². The Morgan fingerprint density at radius 3 is 2.29 bits per heavy atom. The number of amides is 2. The minimum absolute atomic E-state index is 0.00505. The number of nitrogens with one attached hydrogen (secondary N) is 1. The van der Waals surface area contributed by atoms with E-state index in [2.05, 4.69) is 5.32 Å². The molecule has 0 radical (unpaired) electrons. The molecule has 1 saturated heterocycles. The molecular formula is C13H21F3N2O3. The fourth-order valence-electron chi connectivity index (χ4n) is 2.29. The molecule has 0 aromatic heterocycles. The molecule has 0 aromatic carbocycles. The third-order valence-electron chi connectivity index (χ3n) is 3.55. The van der Waals surface area contributed by atoms with Gasteiger partial charge < -0.3 is 15.3 Å². The van der Waals surface area contributed by atoms with E-state index >= 15 is 0 Å². The molecule has 0 bridgehead atoms. The van der Waals surface area contributed by atoms with Gasteiger partial charge in [-0.2, -0.15) is 13.2 Å². The van der Waals surface area contributed by atoms with Crippen LogP contribution in [0.3, 0.4) is 0 Å². The van der Waals surface area contributed by atoms with Crippen molar-refractivity contribution in [3.8, 4) is 0 Å². The molecule has 1 heterocycles. The van der Waals surface area contributed by atoms with E-state index in [0.717, 1.165) is 4.90 Å². The summed E-state index contributed by atoms with van der Waals surface area (Å²) in [5, 5.41) is 11.4.